The molecule has 0 N–H and O–H groups in total. The first-order valence-corrected chi connectivity index (χ1v) is 8.93. The fourth-order valence-electron chi connectivity index (χ4n) is 1.97. The van der Waals surface area contributed by atoms with Gasteiger partial charge in [-0.3, -0.25) is 9.69 Å². The molecule has 1 aliphatic rings. The summed E-state index contributed by atoms with van der Waals surface area (Å²) in [6.45, 7) is 0.0375. The van der Waals surface area contributed by atoms with E-state index >= 15 is 0 Å². The molecular weight excluding hydrogens is 324 g/mol. The monoisotopic (exact) mass is 332 g/mol. The molecule has 2 aromatic heterocycles. The van der Waals surface area contributed by atoms with Crippen LogP contribution in [0.1, 0.15) is 6.42 Å². The third kappa shape index (κ3) is 2.46. The fourth-order valence-corrected chi connectivity index (χ4v) is 3.84. The van der Waals surface area contributed by atoms with Crippen molar-refractivity contribution in [2.24, 2.45) is 0 Å². The number of carbonyl (C=O) groups excluding carboxylic acids is 1. The summed E-state index contributed by atoms with van der Waals surface area (Å²) in [5.41, 5.74) is 0.611. The van der Waals surface area contributed by atoms with Crippen molar-refractivity contribution in [3.8, 4) is 11.5 Å². The summed E-state index contributed by atoms with van der Waals surface area (Å²) in [4.78, 5) is 17.5. The highest BCUT2D eigenvalue weighted by Crippen LogP contribution is 2.32. The van der Waals surface area contributed by atoms with Crippen molar-refractivity contribution in [3.63, 3.8) is 0 Å². The van der Waals surface area contributed by atoms with Gasteiger partial charge < -0.3 is 4.42 Å². The zero-order chi connectivity index (χ0) is 14.3. The molecule has 3 rings (SSSR count). The van der Waals surface area contributed by atoms with E-state index in [0.29, 0.717) is 16.6 Å². The Morgan fingerprint density at radius 2 is 2.30 bits per heavy atom. The van der Waals surface area contributed by atoms with Crippen molar-refractivity contribution >= 4 is 42.1 Å². The Morgan fingerprint density at radius 1 is 1.50 bits per heavy atom. The van der Waals surface area contributed by atoms with E-state index in [9.17, 15) is 13.2 Å². The zero-order valence-corrected chi connectivity index (χ0v) is 12.4. The number of anilines is 1. The lowest BCUT2D eigenvalue weighted by Crippen LogP contribution is -2.26. The van der Waals surface area contributed by atoms with Gasteiger partial charge in [-0.2, -0.15) is 0 Å². The van der Waals surface area contributed by atoms with Crippen molar-refractivity contribution in [1.82, 2.24) is 4.98 Å². The predicted octanol–water partition coefficient (Wildman–Crippen LogP) is 2.08. The van der Waals surface area contributed by atoms with Gasteiger partial charge in [0.15, 0.2) is 10.9 Å². The number of hydrogen-bond donors (Lipinski definition) is 0. The number of carbonyl (C=O) groups is 1. The van der Waals surface area contributed by atoms with Crippen LogP contribution in [0.2, 0.25) is 0 Å². The lowest BCUT2D eigenvalue weighted by molar-refractivity contribution is -0.117. The highest BCUT2D eigenvalue weighted by molar-refractivity contribution is 8.14. The van der Waals surface area contributed by atoms with Crippen LogP contribution in [0.5, 0.6) is 0 Å². The van der Waals surface area contributed by atoms with E-state index in [-0.39, 0.29) is 18.9 Å². The number of thiazole rings is 1. The Hall–Kier alpha value is -1.38. The Morgan fingerprint density at radius 3 is 2.90 bits per heavy atom. The smallest absolute Gasteiger partial charge is 0.237 e. The molecule has 9 heteroatoms. The summed E-state index contributed by atoms with van der Waals surface area (Å²) >= 11 is 1.26. The number of aromatic nitrogens is 1. The summed E-state index contributed by atoms with van der Waals surface area (Å²) in [6.07, 6.45) is 1.42. The molecule has 1 saturated heterocycles. The standard InChI is InChI=1S/C11H9ClN2O4S2/c12-20(16,17)7-4-10(15)14(5-7)11-13-8(6-19-11)9-2-1-3-18-9/h1-3,6-7H,4-5H2. The minimum absolute atomic E-state index is 0.0375. The van der Waals surface area contributed by atoms with Crippen LogP contribution in [-0.4, -0.2) is 31.1 Å². The summed E-state index contributed by atoms with van der Waals surface area (Å²) in [5, 5.41) is 1.32. The second-order valence-corrected chi connectivity index (χ2v) is 8.04. The maximum Gasteiger partial charge on any atom is 0.237 e. The second kappa shape index (κ2) is 4.87. The molecule has 1 aliphatic heterocycles. The van der Waals surface area contributed by atoms with Gasteiger partial charge in [0.1, 0.15) is 10.9 Å². The molecule has 0 aromatic carbocycles. The third-order valence-electron chi connectivity index (χ3n) is 2.98. The molecule has 1 amide bonds. The minimum Gasteiger partial charge on any atom is -0.463 e. The van der Waals surface area contributed by atoms with Gasteiger partial charge in [0.2, 0.25) is 15.0 Å². The highest BCUT2D eigenvalue weighted by atomic mass is 35.7. The maximum atomic E-state index is 11.9. The molecule has 20 heavy (non-hydrogen) atoms. The topological polar surface area (TPSA) is 80.5 Å². The van der Waals surface area contributed by atoms with Crippen LogP contribution in [-0.2, 0) is 13.8 Å². The summed E-state index contributed by atoms with van der Waals surface area (Å²) in [7, 11) is 1.56. The minimum atomic E-state index is -3.74. The van der Waals surface area contributed by atoms with Gasteiger partial charge in [-0.1, -0.05) is 0 Å². The molecule has 0 saturated carbocycles. The quantitative estimate of drug-likeness (QED) is 0.804. The van der Waals surface area contributed by atoms with E-state index in [0.717, 1.165) is 0 Å². The number of rotatable bonds is 3. The molecule has 0 bridgehead atoms. The molecule has 0 aliphatic carbocycles. The van der Waals surface area contributed by atoms with E-state index < -0.39 is 14.3 Å². The highest BCUT2D eigenvalue weighted by Gasteiger charge is 2.39. The molecule has 2 aromatic rings. The van der Waals surface area contributed by atoms with E-state index in [2.05, 4.69) is 4.98 Å². The number of amides is 1. The van der Waals surface area contributed by atoms with E-state index in [1.807, 2.05) is 0 Å². The molecule has 1 fully saturated rings. The van der Waals surface area contributed by atoms with E-state index in [1.54, 1.807) is 17.5 Å². The Balaban J connectivity index is 1.86. The molecule has 1 unspecified atom stereocenters. The second-order valence-electron chi connectivity index (χ2n) is 4.30. The molecule has 3 heterocycles. The molecule has 0 radical (unpaired) electrons. The fraction of sp³-hybridized carbons (Fsp3) is 0.273. The Labute approximate surface area is 123 Å². The van der Waals surface area contributed by atoms with Crippen molar-refractivity contribution in [2.45, 2.75) is 11.7 Å². The average Bonchev–Trinajstić information content (AvgIpc) is 3.06. The SMILES string of the molecule is O=C1CC(S(=O)(=O)Cl)CN1c1nc(-c2ccco2)cs1. The average molecular weight is 333 g/mol. The molecule has 0 spiro atoms. The van der Waals surface area contributed by atoms with E-state index in [4.69, 9.17) is 15.1 Å². The first-order valence-electron chi connectivity index (χ1n) is 5.68. The van der Waals surface area contributed by atoms with Crippen molar-refractivity contribution in [3.05, 3.63) is 23.8 Å². The zero-order valence-electron chi connectivity index (χ0n) is 10.0. The summed E-state index contributed by atoms with van der Waals surface area (Å²) < 4.78 is 27.8. The van der Waals surface area contributed by atoms with Gasteiger partial charge in [-0.05, 0) is 12.1 Å². The van der Waals surface area contributed by atoms with Crippen molar-refractivity contribution < 1.29 is 17.6 Å². The Bertz CT molecular complexity index is 738. The van der Waals surface area contributed by atoms with Gasteiger partial charge in [-0.15, -0.1) is 11.3 Å². The summed E-state index contributed by atoms with van der Waals surface area (Å²) in [6, 6.07) is 3.50. The molecule has 1 atom stereocenters. The lowest BCUT2D eigenvalue weighted by Gasteiger charge is -2.11. The van der Waals surface area contributed by atoms with Crippen LogP contribution >= 0.6 is 22.0 Å². The van der Waals surface area contributed by atoms with Gasteiger partial charge in [0.25, 0.3) is 0 Å². The van der Waals surface area contributed by atoms with Crippen LogP contribution in [0.3, 0.4) is 0 Å². The first kappa shape index (κ1) is 13.6. The molecule has 106 valence electrons. The van der Waals surface area contributed by atoms with Crippen LogP contribution in [0, 0.1) is 0 Å². The number of nitrogens with zero attached hydrogens (tertiary/aromatic N) is 2. The number of halogens is 1. The first-order chi connectivity index (χ1) is 9.45. The van der Waals surface area contributed by atoms with Crippen LogP contribution in [0.25, 0.3) is 11.5 Å². The lowest BCUT2D eigenvalue weighted by atomic mass is 10.4. The molecular formula is C11H9ClN2O4S2. The molecule has 6 nitrogen and oxygen atoms in total. The largest absolute Gasteiger partial charge is 0.463 e. The van der Waals surface area contributed by atoms with Gasteiger partial charge in [0, 0.05) is 29.0 Å². The van der Waals surface area contributed by atoms with Crippen LogP contribution < -0.4 is 4.90 Å². The van der Waals surface area contributed by atoms with Crippen LogP contribution in [0.4, 0.5) is 5.13 Å². The van der Waals surface area contributed by atoms with Gasteiger partial charge in [-0.25, -0.2) is 13.4 Å². The maximum absolute atomic E-state index is 11.9. The normalized spacial score (nSPS) is 19.8. The van der Waals surface area contributed by atoms with Crippen LogP contribution in [0.15, 0.2) is 28.2 Å². The third-order valence-corrected chi connectivity index (χ3v) is 5.72. The van der Waals surface area contributed by atoms with Crippen molar-refractivity contribution in [1.29, 1.82) is 0 Å². The summed E-state index contributed by atoms with van der Waals surface area (Å²) in [5.74, 6) is 0.306. The Kier molecular flexibility index (Phi) is 3.31. The van der Waals surface area contributed by atoms with Gasteiger partial charge >= 0.3 is 0 Å². The van der Waals surface area contributed by atoms with E-state index in [1.165, 1.54) is 22.5 Å². The number of furan rings is 1. The predicted molar refractivity (Wildman–Crippen MR) is 75.3 cm³/mol. The number of hydrogen-bond acceptors (Lipinski definition) is 6. The van der Waals surface area contributed by atoms with Gasteiger partial charge in [0.05, 0.1) is 6.26 Å². The van der Waals surface area contributed by atoms with Crippen molar-refractivity contribution in [2.75, 3.05) is 11.4 Å².